The van der Waals surface area contributed by atoms with E-state index in [1.807, 2.05) is 35.9 Å². The number of carbonyl (C=O) groups is 1. The number of nitrogens with zero attached hydrogens (tertiary/aromatic N) is 2. The molecule has 0 saturated heterocycles. The third-order valence-electron chi connectivity index (χ3n) is 4.50. The molecule has 134 valence electrons. The van der Waals surface area contributed by atoms with Crippen LogP contribution in [0.5, 0.6) is 5.75 Å². The average Bonchev–Trinajstić information content (AvgIpc) is 2.95. The normalized spacial score (nSPS) is 13.4. The summed E-state index contributed by atoms with van der Waals surface area (Å²) in [5.74, 6) is 1.27. The number of anilines is 2. The van der Waals surface area contributed by atoms with Crippen LogP contribution in [0.4, 0.5) is 15.9 Å². The highest BCUT2D eigenvalue weighted by molar-refractivity contribution is 6.08. The van der Waals surface area contributed by atoms with Gasteiger partial charge in [-0.1, -0.05) is 0 Å². The predicted molar refractivity (Wildman–Crippen MR) is 97.9 cm³/mol. The zero-order chi connectivity index (χ0) is 18.1. The summed E-state index contributed by atoms with van der Waals surface area (Å²) in [6.07, 6.45) is 0.803. The molecule has 2 aromatic heterocycles. The number of fused-ring (bicyclic) bond motifs is 3. The molecule has 2 N–H and O–H groups in total. The summed E-state index contributed by atoms with van der Waals surface area (Å²) < 4.78 is 19.4. The number of aromatic nitrogens is 2. The molecule has 0 spiro atoms. The number of hydrogen-bond donors (Lipinski definition) is 2. The first-order valence-electron chi connectivity index (χ1n) is 8.49. The molecule has 7 heteroatoms. The number of alkyl halides is 1. The fourth-order valence-electron chi connectivity index (χ4n) is 3.29. The molecule has 4 rings (SSSR count). The topological polar surface area (TPSA) is 68.2 Å². The van der Waals surface area contributed by atoms with Crippen LogP contribution in [0.2, 0.25) is 0 Å². The van der Waals surface area contributed by atoms with Crippen LogP contribution in [0.25, 0.3) is 11.0 Å². The maximum Gasteiger partial charge on any atom is 0.253 e. The van der Waals surface area contributed by atoms with Crippen LogP contribution in [0, 0.1) is 0 Å². The summed E-state index contributed by atoms with van der Waals surface area (Å²) in [5.41, 5.74) is 3.37. The molecule has 3 aromatic rings. The Morgan fingerprint density at radius 2 is 2.08 bits per heavy atom. The molecule has 0 unspecified atom stereocenters. The molecule has 6 nitrogen and oxygen atoms in total. The number of aryl methyl sites for hydroxylation is 1. The van der Waals surface area contributed by atoms with Gasteiger partial charge in [-0.3, -0.25) is 4.79 Å². The lowest BCUT2D eigenvalue weighted by Gasteiger charge is -2.13. The number of ether oxygens (including phenoxy) is 1. The third-order valence-corrected chi connectivity index (χ3v) is 4.50. The number of benzene rings is 1. The summed E-state index contributed by atoms with van der Waals surface area (Å²) >= 11 is 0. The first kappa shape index (κ1) is 16.4. The lowest BCUT2D eigenvalue weighted by Crippen LogP contribution is -2.32. The van der Waals surface area contributed by atoms with E-state index in [4.69, 9.17) is 4.74 Å². The molecular formula is C19H19FN4O2. The highest BCUT2D eigenvalue weighted by Gasteiger charge is 2.25. The Morgan fingerprint density at radius 1 is 1.27 bits per heavy atom. The summed E-state index contributed by atoms with van der Waals surface area (Å²) in [4.78, 5) is 16.9. The average molecular weight is 354 g/mol. The van der Waals surface area contributed by atoms with Crippen molar-refractivity contribution in [2.24, 2.45) is 7.05 Å². The van der Waals surface area contributed by atoms with Crippen molar-refractivity contribution in [3.63, 3.8) is 0 Å². The summed E-state index contributed by atoms with van der Waals surface area (Å²) in [6.45, 7) is 0.192. The number of hydrogen-bond acceptors (Lipinski definition) is 4. The Bertz CT molecular complexity index is 966. The molecule has 1 aliphatic rings. The molecule has 1 aliphatic heterocycles. The number of carbonyl (C=O) groups excluding carboxylic acids is 1. The second-order valence-electron chi connectivity index (χ2n) is 6.14. The van der Waals surface area contributed by atoms with Crippen molar-refractivity contribution < 1.29 is 13.9 Å². The molecular weight excluding hydrogens is 335 g/mol. The second-order valence-corrected chi connectivity index (χ2v) is 6.14. The molecule has 26 heavy (non-hydrogen) atoms. The SMILES string of the molecule is Cn1c2c(c3ccc(Nc4ccc(OCCF)cc4)nc31)C(=O)NCC2. The zero-order valence-electron chi connectivity index (χ0n) is 14.4. The number of pyridine rings is 1. The maximum absolute atomic E-state index is 12.2. The van der Waals surface area contributed by atoms with Crippen molar-refractivity contribution in [3.8, 4) is 5.75 Å². The van der Waals surface area contributed by atoms with Gasteiger partial charge in [0.15, 0.2) is 0 Å². The van der Waals surface area contributed by atoms with Crippen molar-refractivity contribution in [2.75, 3.05) is 25.1 Å². The van der Waals surface area contributed by atoms with E-state index in [9.17, 15) is 9.18 Å². The van der Waals surface area contributed by atoms with Gasteiger partial charge in [0.2, 0.25) is 0 Å². The van der Waals surface area contributed by atoms with Crippen LogP contribution in [-0.4, -0.2) is 35.3 Å². The Kier molecular flexibility index (Phi) is 4.20. The van der Waals surface area contributed by atoms with E-state index in [1.54, 1.807) is 12.1 Å². The van der Waals surface area contributed by atoms with Gasteiger partial charge >= 0.3 is 0 Å². The van der Waals surface area contributed by atoms with E-state index in [-0.39, 0.29) is 12.5 Å². The van der Waals surface area contributed by atoms with Gasteiger partial charge in [-0.25, -0.2) is 9.37 Å². The first-order valence-corrected chi connectivity index (χ1v) is 8.49. The van der Waals surface area contributed by atoms with Crippen LogP contribution in [0.15, 0.2) is 36.4 Å². The van der Waals surface area contributed by atoms with Crippen LogP contribution < -0.4 is 15.4 Å². The Balaban J connectivity index is 1.62. The fourth-order valence-corrected chi connectivity index (χ4v) is 3.29. The van der Waals surface area contributed by atoms with E-state index in [1.165, 1.54) is 0 Å². The minimum absolute atomic E-state index is 0.0387. The van der Waals surface area contributed by atoms with E-state index in [0.29, 0.717) is 18.1 Å². The van der Waals surface area contributed by atoms with Gasteiger partial charge in [-0.2, -0.15) is 0 Å². The van der Waals surface area contributed by atoms with E-state index in [0.717, 1.165) is 34.4 Å². The molecule has 0 fully saturated rings. The van der Waals surface area contributed by atoms with Crippen LogP contribution in [0.3, 0.4) is 0 Å². The number of halogens is 1. The number of rotatable bonds is 5. The number of nitrogens with one attached hydrogen (secondary N) is 2. The largest absolute Gasteiger partial charge is 0.491 e. The van der Waals surface area contributed by atoms with Crippen LogP contribution in [0.1, 0.15) is 16.1 Å². The van der Waals surface area contributed by atoms with Crippen molar-refractivity contribution in [1.29, 1.82) is 0 Å². The van der Waals surface area contributed by atoms with Gasteiger partial charge < -0.3 is 19.9 Å². The molecule has 0 bridgehead atoms. The smallest absolute Gasteiger partial charge is 0.253 e. The second kappa shape index (κ2) is 6.67. The van der Waals surface area contributed by atoms with E-state index >= 15 is 0 Å². The zero-order valence-corrected chi connectivity index (χ0v) is 14.4. The maximum atomic E-state index is 12.2. The minimum atomic E-state index is -0.511. The number of amides is 1. The Hall–Kier alpha value is -3.09. The highest BCUT2D eigenvalue weighted by atomic mass is 19.1. The Labute approximate surface area is 150 Å². The Morgan fingerprint density at radius 3 is 2.85 bits per heavy atom. The predicted octanol–water partition coefficient (Wildman–Crippen LogP) is 2.95. The molecule has 1 amide bonds. The lowest BCUT2D eigenvalue weighted by molar-refractivity contribution is 0.0947. The molecule has 0 radical (unpaired) electrons. The highest BCUT2D eigenvalue weighted by Crippen LogP contribution is 2.28. The van der Waals surface area contributed by atoms with Crippen molar-refractivity contribution in [2.45, 2.75) is 6.42 Å². The van der Waals surface area contributed by atoms with Gasteiger partial charge in [0.25, 0.3) is 5.91 Å². The minimum Gasteiger partial charge on any atom is -0.491 e. The van der Waals surface area contributed by atoms with E-state index < -0.39 is 6.67 Å². The first-order chi connectivity index (χ1) is 12.7. The van der Waals surface area contributed by atoms with Crippen molar-refractivity contribution in [1.82, 2.24) is 14.9 Å². The molecule has 0 atom stereocenters. The lowest BCUT2D eigenvalue weighted by atomic mass is 10.1. The molecule has 0 aliphatic carbocycles. The van der Waals surface area contributed by atoms with Gasteiger partial charge in [0, 0.05) is 36.8 Å². The van der Waals surface area contributed by atoms with Gasteiger partial charge in [-0.05, 0) is 36.4 Å². The quantitative estimate of drug-likeness (QED) is 0.739. The third kappa shape index (κ3) is 2.85. The van der Waals surface area contributed by atoms with Crippen LogP contribution in [-0.2, 0) is 13.5 Å². The molecule has 0 saturated carbocycles. The van der Waals surface area contributed by atoms with Crippen LogP contribution >= 0.6 is 0 Å². The van der Waals surface area contributed by atoms with Gasteiger partial charge in [0.1, 0.15) is 30.5 Å². The summed E-state index contributed by atoms with van der Waals surface area (Å²) in [6, 6.07) is 11.0. The monoisotopic (exact) mass is 354 g/mol. The van der Waals surface area contributed by atoms with Crippen molar-refractivity contribution in [3.05, 3.63) is 47.7 Å². The van der Waals surface area contributed by atoms with Gasteiger partial charge in [0.05, 0.1) is 5.56 Å². The summed E-state index contributed by atoms with van der Waals surface area (Å²) in [5, 5.41) is 6.99. The van der Waals surface area contributed by atoms with Crippen molar-refractivity contribution >= 4 is 28.4 Å². The van der Waals surface area contributed by atoms with E-state index in [2.05, 4.69) is 15.6 Å². The summed E-state index contributed by atoms with van der Waals surface area (Å²) in [7, 11) is 1.94. The fraction of sp³-hybridized carbons (Fsp3) is 0.263. The molecule has 1 aromatic carbocycles. The molecule has 3 heterocycles. The van der Waals surface area contributed by atoms with Gasteiger partial charge in [-0.15, -0.1) is 0 Å². The standard InChI is InChI=1S/C19H19FN4O2/c1-24-15-8-10-21-19(25)17(15)14-6-7-16(23-18(14)24)22-12-2-4-13(5-3-12)26-11-9-20/h2-7H,8-11H2,1H3,(H,21,25)(H,22,23).